The molecule has 1 heterocycles. The lowest BCUT2D eigenvalue weighted by molar-refractivity contribution is -0.127. The zero-order chi connectivity index (χ0) is 17.6. The minimum Gasteiger partial charge on any atom is -0.477 e. The number of unbranched alkanes of at least 4 members (excludes halogenated alkanes) is 1. The van der Waals surface area contributed by atoms with Crippen LogP contribution in [0.5, 0.6) is 5.75 Å². The molecule has 0 spiro atoms. The number of fused-ring (bicyclic) bond motifs is 1. The predicted molar refractivity (Wildman–Crippen MR) is 92.0 cm³/mol. The standard InChI is InChI=1S/C16H24N2O5S/c1-2-9-17-16(19)15-12-18(10-5-6-11-24(20,21)22)13-7-3-4-8-14(13)23-15/h3-4,7-8,15H,2,5-6,9-12H2,1H3,(H,17,19)(H,20,21,22)/t15-/m1/s1. The van der Waals surface area contributed by atoms with Crippen LogP contribution >= 0.6 is 0 Å². The van der Waals surface area contributed by atoms with E-state index >= 15 is 0 Å². The average molecular weight is 356 g/mol. The van der Waals surface area contributed by atoms with Gasteiger partial charge >= 0.3 is 0 Å². The molecule has 0 aliphatic carbocycles. The Bertz CT molecular complexity index is 662. The van der Waals surface area contributed by atoms with Crippen LogP contribution in [0, 0.1) is 0 Å². The third-order valence-electron chi connectivity index (χ3n) is 3.78. The van der Waals surface area contributed by atoms with Crippen molar-refractivity contribution in [3.05, 3.63) is 24.3 Å². The maximum atomic E-state index is 12.2. The molecule has 0 bridgehead atoms. The molecule has 1 aromatic rings. The SMILES string of the molecule is CCCNC(=O)[C@H]1CN(CCCCS(=O)(=O)O)c2ccccc2O1. The van der Waals surface area contributed by atoms with Crippen LogP contribution in [0.15, 0.2) is 24.3 Å². The minimum atomic E-state index is -3.93. The molecule has 2 N–H and O–H groups in total. The van der Waals surface area contributed by atoms with E-state index in [-0.39, 0.29) is 11.7 Å². The monoisotopic (exact) mass is 356 g/mol. The van der Waals surface area contributed by atoms with Gasteiger partial charge in [0.05, 0.1) is 18.0 Å². The first kappa shape index (κ1) is 18.5. The second kappa shape index (κ2) is 8.34. The summed E-state index contributed by atoms with van der Waals surface area (Å²) in [6, 6.07) is 7.48. The molecule has 134 valence electrons. The highest BCUT2D eigenvalue weighted by molar-refractivity contribution is 7.85. The van der Waals surface area contributed by atoms with Crippen molar-refractivity contribution in [1.29, 1.82) is 0 Å². The highest BCUT2D eigenvalue weighted by Gasteiger charge is 2.30. The van der Waals surface area contributed by atoms with E-state index in [1.165, 1.54) is 0 Å². The molecule has 8 heteroatoms. The van der Waals surface area contributed by atoms with Crippen molar-refractivity contribution in [2.75, 3.05) is 30.3 Å². The van der Waals surface area contributed by atoms with Crippen LogP contribution in [0.1, 0.15) is 26.2 Å². The smallest absolute Gasteiger partial charge is 0.264 e. The first-order valence-corrected chi connectivity index (χ1v) is 9.75. The topological polar surface area (TPSA) is 95.9 Å². The van der Waals surface area contributed by atoms with Crippen LogP contribution in [0.2, 0.25) is 0 Å². The lowest BCUT2D eigenvalue weighted by atomic mass is 10.1. The van der Waals surface area contributed by atoms with Crippen LogP contribution in [0.25, 0.3) is 0 Å². The Morgan fingerprint density at radius 3 is 2.83 bits per heavy atom. The third kappa shape index (κ3) is 5.38. The van der Waals surface area contributed by atoms with Crippen LogP contribution in [-0.4, -0.2) is 50.4 Å². The Labute approximate surface area is 142 Å². The fourth-order valence-electron chi connectivity index (χ4n) is 2.60. The average Bonchev–Trinajstić information content (AvgIpc) is 2.55. The highest BCUT2D eigenvalue weighted by atomic mass is 32.2. The number of nitrogens with one attached hydrogen (secondary N) is 1. The molecule has 0 fully saturated rings. The van der Waals surface area contributed by atoms with Gasteiger partial charge in [-0.2, -0.15) is 8.42 Å². The number of hydrogen-bond donors (Lipinski definition) is 2. The van der Waals surface area contributed by atoms with Gasteiger partial charge in [0.1, 0.15) is 5.75 Å². The van der Waals surface area contributed by atoms with Gasteiger partial charge in [-0.05, 0) is 31.4 Å². The van der Waals surface area contributed by atoms with Gasteiger partial charge in [-0.1, -0.05) is 19.1 Å². The molecular formula is C16H24N2O5S. The number of ether oxygens (including phenoxy) is 1. The number of rotatable bonds is 8. The van der Waals surface area contributed by atoms with E-state index in [0.717, 1.165) is 12.1 Å². The minimum absolute atomic E-state index is 0.144. The van der Waals surface area contributed by atoms with E-state index in [1.807, 2.05) is 36.1 Å². The summed E-state index contributed by atoms with van der Waals surface area (Å²) in [6.07, 6.45) is 1.23. The van der Waals surface area contributed by atoms with Crippen molar-refractivity contribution in [2.24, 2.45) is 0 Å². The van der Waals surface area contributed by atoms with E-state index < -0.39 is 16.2 Å². The molecule has 0 radical (unpaired) electrons. The van der Waals surface area contributed by atoms with E-state index in [2.05, 4.69) is 5.32 Å². The molecule has 1 aliphatic rings. The molecule has 0 aromatic heterocycles. The Balaban J connectivity index is 2.01. The number of anilines is 1. The Morgan fingerprint density at radius 1 is 1.38 bits per heavy atom. The zero-order valence-corrected chi connectivity index (χ0v) is 14.6. The summed E-state index contributed by atoms with van der Waals surface area (Å²) in [5.41, 5.74) is 0.892. The lowest BCUT2D eigenvalue weighted by Crippen LogP contribution is -2.49. The number of para-hydroxylation sites is 2. The van der Waals surface area contributed by atoms with Crippen LogP contribution < -0.4 is 15.0 Å². The Kier molecular flexibility index (Phi) is 6.44. The van der Waals surface area contributed by atoms with Crippen molar-refractivity contribution in [3.63, 3.8) is 0 Å². The lowest BCUT2D eigenvalue weighted by Gasteiger charge is -2.35. The van der Waals surface area contributed by atoms with E-state index in [4.69, 9.17) is 9.29 Å². The normalized spacial score (nSPS) is 17.1. The van der Waals surface area contributed by atoms with Gasteiger partial charge in [-0.25, -0.2) is 0 Å². The quantitative estimate of drug-likeness (QED) is 0.541. The van der Waals surface area contributed by atoms with E-state index in [0.29, 0.717) is 38.2 Å². The first-order valence-electron chi connectivity index (χ1n) is 8.14. The number of carbonyl (C=O) groups is 1. The predicted octanol–water partition coefficient (Wildman–Crippen LogP) is 1.45. The first-order chi connectivity index (χ1) is 11.4. The van der Waals surface area contributed by atoms with Gasteiger partial charge in [0, 0.05) is 13.1 Å². The van der Waals surface area contributed by atoms with E-state index in [1.54, 1.807) is 0 Å². The van der Waals surface area contributed by atoms with Gasteiger partial charge in [0.2, 0.25) is 0 Å². The summed E-state index contributed by atoms with van der Waals surface area (Å²) >= 11 is 0. The third-order valence-corrected chi connectivity index (χ3v) is 4.59. The van der Waals surface area contributed by atoms with Crippen molar-refractivity contribution in [2.45, 2.75) is 32.3 Å². The number of benzene rings is 1. The van der Waals surface area contributed by atoms with Crippen LogP contribution in [-0.2, 0) is 14.9 Å². The summed E-state index contributed by atoms with van der Waals surface area (Å²) in [5.74, 6) is 0.254. The number of amides is 1. The van der Waals surface area contributed by atoms with Gasteiger partial charge in [-0.15, -0.1) is 0 Å². The summed E-state index contributed by atoms with van der Waals surface area (Å²) in [4.78, 5) is 14.2. The molecule has 1 atom stereocenters. The van der Waals surface area contributed by atoms with Gasteiger partial charge in [0.15, 0.2) is 6.10 Å². The largest absolute Gasteiger partial charge is 0.477 e. The second-order valence-corrected chi connectivity index (χ2v) is 7.38. The molecule has 1 aromatic carbocycles. The molecule has 7 nitrogen and oxygen atoms in total. The summed E-state index contributed by atoms with van der Waals surface area (Å²) in [6.45, 7) is 3.60. The molecule has 1 aliphatic heterocycles. The highest BCUT2D eigenvalue weighted by Crippen LogP contribution is 2.33. The maximum Gasteiger partial charge on any atom is 0.264 e. The van der Waals surface area contributed by atoms with Crippen molar-refractivity contribution >= 4 is 21.7 Å². The van der Waals surface area contributed by atoms with Gasteiger partial charge < -0.3 is 15.0 Å². The van der Waals surface area contributed by atoms with Gasteiger partial charge in [0.25, 0.3) is 16.0 Å². The summed E-state index contributed by atoms with van der Waals surface area (Å²) in [5, 5.41) is 2.84. The molecular weight excluding hydrogens is 332 g/mol. The number of carbonyl (C=O) groups excluding carboxylic acids is 1. The summed E-state index contributed by atoms with van der Waals surface area (Å²) in [7, 11) is -3.93. The van der Waals surface area contributed by atoms with E-state index in [9.17, 15) is 13.2 Å². The summed E-state index contributed by atoms with van der Waals surface area (Å²) < 4.78 is 36.2. The second-order valence-electron chi connectivity index (χ2n) is 5.80. The molecule has 0 saturated heterocycles. The van der Waals surface area contributed by atoms with Crippen LogP contribution in [0.4, 0.5) is 5.69 Å². The molecule has 0 unspecified atom stereocenters. The maximum absolute atomic E-state index is 12.2. The number of hydrogen-bond acceptors (Lipinski definition) is 5. The Hall–Kier alpha value is -1.80. The van der Waals surface area contributed by atoms with Crippen molar-refractivity contribution < 1.29 is 22.5 Å². The number of nitrogens with zero attached hydrogens (tertiary/aromatic N) is 1. The van der Waals surface area contributed by atoms with Crippen LogP contribution in [0.3, 0.4) is 0 Å². The molecule has 0 saturated carbocycles. The van der Waals surface area contributed by atoms with Crippen molar-refractivity contribution in [3.8, 4) is 5.75 Å². The molecule has 24 heavy (non-hydrogen) atoms. The molecule has 1 amide bonds. The fourth-order valence-corrected chi connectivity index (χ4v) is 3.17. The fraction of sp³-hybridized carbons (Fsp3) is 0.562. The molecule has 2 rings (SSSR count). The van der Waals surface area contributed by atoms with Gasteiger partial charge in [-0.3, -0.25) is 9.35 Å². The Morgan fingerprint density at radius 2 is 2.12 bits per heavy atom. The van der Waals surface area contributed by atoms with Crippen molar-refractivity contribution in [1.82, 2.24) is 5.32 Å². The zero-order valence-electron chi connectivity index (χ0n) is 13.8.